The van der Waals surface area contributed by atoms with E-state index >= 15 is 0 Å². The van der Waals surface area contributed by atoms with Crippen LogP contribution in [-0.2, 0) is 0 Å². The zero-order valence-electron chi connectivity index (χ0n) is 13.9. The van der Waals surface area contributed by atoms with Crippen molar-refractivity contribution >= 4 is 23.1 Å². The second-order valence-corrected chi connectivity index (χ2v) is 7.09. The highest BCUT2D eigenvalue weighted by atomic mass is 32.1. The number of benzene rings is 1. The van der Waals surface area contributed by atoms with Gasteiger partial charge in [-0.2, -0.15) is 0 Å². The number of nitrogens with one attached hydrogen (secondary N) is 1. The third-order valence-electron chi connectivity index (χ3n) is 4.33. The van der Waals surface area contributed by atoms with E-state index in [-0.39, 0.29) is 17.8 Å². The summed E-state index contributed by atoms with van der Waals surface area (Å²) in [5.74, 6) is 0.762. The maximum absolute atomic E-state index is 13.0. The molecule has 1 aliphatic rings. The van der Waals surface area contributed by atoms with Crippen LogP contribution in [0.15, 0.2) is 46.2 Å². The highest BCUT2D eigenvalue weighted by molar-refractivity contribution is 7.13. The minimum atomic E-state index is -0.334. The monoisotopic (exact) mass is 372 g/mol. The van der Waals surface area contributed by atoms with E-state index in [1.54, 1.807) is 28.4 Å². The smallest absolute Gasteiger partial charge is 0.321 e. The van der Waals surface area contributed by atoms with Crippen LogP contribution >= 0.6 is 11.3 Å². The zero-order valence-corrected chi connectivity index (χ0v) is 14.7. The molecule has 2 amide bonds. The van der Waals surface area contributed by atoms with Gasteiger partial charge in [-0.05, 0) is 48.6 Å². The number of carbonyl (C=O) groups is 1. The van der Waals surface area contributed by atoms with Gasteiger partial charge in [-0.25, -0.2) is 9.18 Å². The van der Waals surface area contributed by atoms with Crippen molar-refractivity contribution in [3.05, 3.63) is 53.5 Å². The average molecular weight is 372 g/mol. The summed E-state index contributed by atoms with van der Waals surface area (Å²) in [5.41, 5.74) is 0.566. The molecule has 1 atom stereocenters. The van der Waals surface area contributed by atoms with E-state index in [1.807, 2.05) is 17.5 Å². The number of hydrogen-bond acceptors (Lipinski definition) is 5. The van der Waals surface area contributed by atoms with E-state index in [2.05, 4.69) is 15.5 Å². The van der Waals surface area contributed by atoms with Gasteiger partial charge in [0.2, 0.25) is 5.89 Å². The Balaban J connectivity index is 1.42. The second kappa shape index (κ2) is 7.25. The fraction of sp³-hybridized carbons (Fsp3) is 0.278. The Morgan fingerprint density at radius 1 is 1.27 bits per heavy atom. The van der Waals surface area contributed by atoms with Crippen molar-refractivity contribution in [3.63, 3.8) is 0 Å². The minimum Gasteiger partial charge on any atom is -0.420 e. The van der Waals surface area contributed by atoms with Crippen LogP contribution in [0.5, 0.6) is 0 Å². The number of carbonyl (C=O) groups excluding carboxylic acids is 1. The molecule has 0 saturated carbocycles. The summed E-state index contributed by atoms with van der Waals surface area (Å²) in [4.78, 5) is 15.1. The first-order chi connectivity index (χ1) is 12.7. The number of likely N-dealkylation sites (tertiary alicyclic amines) is 1. The number of thiophene rings is 1. The van der Waals surface area contributed by atoms with Crippen LogP contribution < -0.4 is 5.32 Å². The van der Waals surface area contributed by atoms with Crippen molar-refractivity contribution in [2.24, 2.45) is 0 Å². The lowest BCUT2D eigenvalue weighted by Crippen LogP contribution is -2.41. The molecule has 0 spiro atoms. The summed E-state index contributed by atoms with van der Waals surface area (Å²) in [6.07, 6.45) is 1.75. The minimum absolute atomic E-state index is 0.0175. The predicted molar refractivity (Wildman–Crippen MR) is 96.6 cm³/mol. The first-order valence-electron chi connectivity index (χ1n) is 8.38. The third-order valence-corrected chi connectivity index (χ3v) is 5.18. The van der Waals surface area contributed by atoms with Gasteiger partial charge in [0.05, 0.1) is 10.8 Å². The van der Waals surface area contributed by atoms with Crippen LogP contribution in [0.25, 0.3) is 10.8 Å². The molecule has 0 aliphatic carbocycles. The first kappa shape index (κ1) is 16.7. The Morgan fingerprint density at radius 2 is 2.12 bits per heavy atom. The Hall–Kier alpha value is -2.74. The van der Waals surface area contributed by atoms with Crippen LogP contribution in [0, 0.1) is 5.82 Å². The predicted octanol–water partition coefficient (Wildman–Crippen LogP) is 4.35. The number of piperidine rings is 1. The number of urea groups is 1. The number of nitrogens with zero attached hydrogens (tertiary/aromatic N) is 3. The fourth-order valence-electron chi connectivity index (χ4n) is 3.00. The summed E-state index contributed by atoms with van der Waals surface area (Å²) in [6.45, 7) is 1.18. The topological polar surface area (TPSA) is 71.3 Å². The number of anilines is 1. The van der Waals surface area contributed by atoms with Gasteiger partial charge < -0.3 is 14.6 Å². The molecule has 3 heterocycles. The molecule has 3 aromatic rings. The SMILES string of the molecule is O=C(Nc1ccc(F)cc1)N1CCC[C@H](c2nnc(-c3cccs3)o2)C1. The fourth-order valence-corrected chi connectivity index (χ4v) is 3.64. The molecule has 2 aromatic heterocycles. The molecule has 1 aromatic carbocycles. The lowest BCUT2D eigenvalue weighted by atomic mass is 9.98. The maximum Gasteiger partial charge on any atom is 0.321 e. The van der Waals surface area contributed by atoms with Crippen LogP contribution in [-0.4, -0.2) is 34.2 Å². The Bertz CT molecular complexity index is 879. The van der Waals surface area contributed by atoms with Gasteiger partial charge in [-0.15, -0.1) is 21.5 Å². The van der Waals surface area contributed by atoms with Crippen molar-refractivity contribution < 1.29 is 13.6 Å². The second-order valence-electron chi connectivity index (χ2n) is 6.14. The molecule has 0 unspecified atom stereocenters. The Kier molecular flexibility index (Phi) is 4.66. The van der Waals surface area contributed by atoms with Gasteiger partial charge >= 0.3 is 6.03 Å². The number of rotatable bonds is 3. The molecule has 4 rings (SSSR count). The van der Waals surface area contributed by atoms with E-state index in [1.165, 1.54) is 12.1 Å². The van der Waals surface area contributed by atoms with Crippen LogP contribution in [0.4, 0.5) is 14.9 Å². The van der Waals surface area contributed by atoms with Gasteiger partial charge in [0, 0.05) is 18.8 Å². The maximum atomic E-state index is 13.0. The van der Waals surface area contributed by atoms with Gasteiger partial charge in [0.15, 0.2) is 0 Å². The Labute approximate surface area is 153 Å². The van der Waals surface area contributed by atoms with Crippen molar-refractivity contribution in [3.8, 4) is 10.8 Å². The molecule has 1 fully saturated rings. The van der Waals surface area contributed by atoms with Crippen LogP contribution in [0.1, 0.15) is 24.7 Å². The van der Waals surface area contributed by atoms with Crippen molar-refractivity contribution in [2.75, 3.05) is 18.4 Å². The number of hydrogen-bond donors (Lipinski definition) is 1. The summed E-state index contributed by atoms with van der Waals surface area (Å²) < 4.78 is 18.8. The van der Waals surface area contributed by atoms with Gasteiger partial charge in [0.1, 0.15) is 5.82 Å². The van der Waals surface area contributed by atoms with E-state index in [4.69, 9.17) is 4.42 Å². The summed E-state index contributed by atoms with van der Waals surface area (Å²) in [7, 11) is 0. The summed E-state index contributed by atoms with van der Waals surface area (Å²) in [5, 5.41) is 13.0. The normalized spacial score (nSPS) is 17.3. The molecule has 134 valence electrons. The van der Waals surface area contributed by atoms with E-state index in [0.717, 1.165) is 17.7 Å². The first-order valence-corrected chi connectivity index (χ1v) is 9.26. The molecule has 8 heteroatoms. The van der Waals surface area contributed by atoms with E-state index in [9.17, 15) is 9.18 Å². The summed E-state index contributed by atoms with van der Waals surface area (Å²) >= 11 is 1.55. The Morgan fingerprint density at radius 3 is 2.88 bits per heavy atom. The lowest BCUT2D eigenvalue weighted by Gasteiger charge is -2.31. The van der Waals surface area contributed by atoms with Crippen LogP contribution in [0.2, 0.25) is 0 Å². The van der Waals surface area contributed by atoms with E-state index < -0.39 is 0 Å². The molecule has 0 bridgehead atoms. The molecular weight excluding hydrogens is 355 g/mol. The third kappa shape index (κ3) is 3.60. The van der Waals surface area contributed by atoms with E-state index in [0.29, 0.717) is 30.6 Å². The molecule has 1 aliphatic heterocycles. The van der Waals surface area contributed by atoms with Crippen molar-refractivity contribution in [1.82, 2.24) is 15.1 Å². The van der Waals surface area contributed by atoms with Crippen LogP contribution in [0.3, 0.4) is 0 Å². The van der Waals surface area contributed by atoms with Gasteiger partial charge in [-0.1, -0.05) is 6.07 Å². The largest absolute Gasteiger partial charge is 0.420 e. The number of amides is 2. The van der Waals surface area contributed by atoms with Crippen molar-refractivity contribution in [1.29, 1.82) is 0 Å². The highest BCUT2D eigenvalue weighted by Gasteiger charge is 2.28. The average Bonchev–Trinajstić information content (AvgIpc) is 3.35. The highest BCUT2D eigenvalue weighted by Crippen LogP contribution is 2.30. The number of halogens is 1. The molecule has 26 heavy (non-hydrogen) atoms. The molecule has 1 saturated heterocycles. The molecule has 1 N–H and O–H groups in total. The molecule has 0 radical (unpaired) electrons. The lowest BCUT2D eigenvalue weighted by molar-refractivity contribution is 0.187. The molecular formula is C18H17FN4O2S. The van der Waals surface area contributed by atoms with Gasteiger partial charge in [-0.3, -0.25) is 0 Å². The summed E-state index contributed by atoms with van der Waals surface area (Å²) in [6, 6.07) is 9.38. The molecule has 6 nitrogen and oxygen atoms in total. The zero-order chi connectivity index (χ0) is 17.9. The van der Waals surface area contributed by atoms with Crippen molar-refractivity contribution in [2.45, 2.75) is 18.8 Å². The quantitative estimate of drug-likeness (QED) is 0.742. The van der Waals surface area contributed by atoms with Gasteiger partial charge in [0.25, 0.3) is 5.89 Å². The standard InChI is InChI=1S/C18H17FN4O2S/c19-13-5-7-14(8-6-13)20-18(24)23-9-1-3-12(11-23)16-21-22-17(25-16)15-4-2-10-26-15/h2,4-8,10,12H,1,3,9,11H2,(H,20,24)/t12-/m0/s1. The number of aromatic nitrogens is 2.